The average molecular weight is 76.9 g/mol. The van der Waals surface area contributed by atoms with Crippen LogP contribution in [-0.4, -0.2) is 12.9 Å². The first-order valence-electron chi connectivity index (χ1n) is 2.23. The molecule has 0 fully saturated rings. The number of hydrogen-bond acceptors (Lipinski definition) is 0. The van der Waals surface area contributed by atoms with Crippen LogP contribution in [0.15, 0.2) is 12.2 Å². The first kappa shape index (κ1) is 3.85. The van der Waals surface area contributed by atoms with Gasteiger partial charge in [0.15, 0.2) is 0 Å². The van der Waals surface area contributed by atoms with Crippen LogP contribution in [0.4, 0.5) is 0 Å². The molecule has 0 saturated carbocycles. The standard InChI is InChI=1S/C5H6B/c1-2-4-6-5-3-1/h1-2H,3,5H2. The van der Waals surface area contributed by atoms with Gasteiger partial charge in [-0.15, -0.1) is 0 Å². The van der Waals surface area contributed by atoms with Crippen LogP contribution in [0.1, 0.15) is 6.42 Å². The van der Waals surface area contributed by atoms with Crippen molar-refractivity contribution in [2.24, 2.45) is 0 Å². The van der Waals surface area contributed by atoms with Crippen molar-refractivity contribution in [2.45, 2.75) is 12.7 Å². The molecular weight excluding hydrogens is 70.9 g/mol. The molecule has 0 amide bonds. The molecule has 0 aromatic rings. The summed E-state index contributed by atoms with van der Waals surface area (Å²) in [4.78, 5) is 0. The van der Waals surface area contributed by atoms with Crippen molar-refractivity contribution >= 4 is 12.9 Å². The van der Waals surface area contributed by atoms with Crippen molar-refractivity contribution in [1.29, 1.82) is 0 Å². The van der Waals surface area contributed by atoms with Gasteiger partial charge in [-0.25, -0.2) is 0 Å². The van der Waals surface area contributed by atoms with Crippen LogP contribution >= 0.6 is 0 Å². The van der Waals surface area contributed by atoms with Crippen LogP contribution in [0, 0.1) is 0 Å². The summed E-state index contributed by atoms with van der Waals surface area (Å²) in [5.41, 5.74) is 0. The van der Waals surface area contributed by atoms with E-state index in [2.05, 4.69) is 19.0 Å². The van der Waals surface area contributed by atoms with E-state index >= 15 is 0 Å². The Morgan fingerprint density at radius 2 is 2.67 bits per heavy atom. The van der Waals surface area contributed by atoms with Gasteiger partial charge in [0, 0.05) is 0 Å². The zero-order valence-corrected chi connectivity index (χ0v) is 3.65. The molecule has 0 nitrogen and oxygen atoms in total. The monoisotopic (exact) mass is 77.1 g/mol. The summed E-state index contributed by atoms with van der Waals surface area (Å²) in [6.07, 6.45) is 6.47. The van der Waals surface area contributed by atoms with Crippen molar-refractivity contribution in [3.05, 3.63) is 12.2 Å². The van der Waals surface area contributed by atoms with Gasteiger partial charge in [0.2, 0.25) is 0 Å². The van der Waals surface area contributed by atoms with Gasteiger partial charge < -0.3 is 0 Å². The molecule has 1 aliphatic heterocycles. The van der Waals surface area contributed by atoms with Crippen LogP contribution in [0.5, 0.6) is 0 Å². The van der Waals surface area contributed by atoms with Gasteiger partial charge >= 0.3 is 37.8 Å². The third-order valence-corrected chi connectivity index (χ3v) is 0.810. The van der Waals surface area contributed by atoms with Gasteiger partial charge in [-0.2, -0.15) is 0 Å². The fourth-order valence-corrected chi connectivity index (χ4v) is 0.482. The first-order valence-corrected chi connectivity index (χ1v) is 2.23. The Labute approximate surface area is 38.8 Å². The number of hydrogen-bond donors (Lipinski definition) is 0. The van der Waals surface area contributed by atoms with Crippen molar-refractivity contribution < 1.29 is 0 Å². The van der Waals surface area contributed by atoms with E-state index < -0.39 is 0 Å². The predicted octanol–water partition coefficient (Wildman–Crippen LogP) is 0.748. The summed E-state index contributed by atoms with van der Waals surface area (Å²) in [5.74, 6) is 2.98. The Morgan fingerprint density at radius 1 is 1.67 bits per heavy atom. The minimum absolute atomic E-state index is 1.18. The molecule has 0 aromatic heterocycles. The van der Waals surface area contributed by atoms with Gasteiger partial charge in [-0.1, -0.05) is 0 Å². The van der Waals surface area contributed by atoms with Gasteiger partial charge in [0.1, 0.15) is 0 Å². The van der Waals surface area contributed by atoms with Crippen molar-refractivity contribution in [3.63, 3.8) is 0 Å². The fourth-order valence-electron chi connectivity index (χ4n) is 0.482. The van der Waals surface area contributed by atoms with Gasteiger partial charge in [0.05, 0.1) is 0 Å². The second-order valence-corrected chi connectivity index (χ2v) is 1.35. The van der Waals surface area contributed by atoms with Gasteiger partial charge in [0.25, 0.3) is 0 Å². The summed E-state index contributed by atoms with van der Waals surface area (Å²) in [7, 11) is 0. The summed E-state index contributed by atoms with van der Waals surface area (Å²) in [6, 6.07) is 0. The Hall–Kier alpha value is -0.325. The van der Waals surface area contributed by atoms with Crippen molar-refractivity contribution in [1.82, 2.24) is 0 Å². The number of allylic oxidation sites excluding steroid dienone is 2. The summed E-state index contributed by atoms with van der Waals surface area (Å²) in [6.45, 7) is 2.06. The topological polar surface area (TPSA) is 0 Å². The maximum absolute atomic E-state index is 2.98. The molecule has 0 saturated heterocycles. The normalized spacial score (nSPS) is 17.3. The minimum atomic E-state index is 1.18. The molecule has 1 rings (SSSR count). The van der Waals surface area contributed by atoms with Gasteiger partial charge in [-0.3, -0.25) is 0 Å². The van der Waals surface area contributed by atoms with Crippen LogP contribution in [0.2, 0.25) is 6.32 Å². The molecule has 0 N–H and O–H groups in total. The summed E-state index contributed by atoms with van der Waals surface area (Å²) < 4.78 is 0. The Bertz CT molecular complexity index is 69.9. The van der Waals surface area contributed by atoms with Crippen LogP contribution in [0.25, 0.3) is 0 Å². The van der Waals surface area contributed by atoms with E-state index in [1.165, 1.54) is 12.7 Å². The van der Waals surface area contributed by atoms with Gasteiger partial charge in [-0.05, 0) is 0 Å². The van der Waals surface area contributed by atoms with Crippen LogP contribution in [0.3, 0.4) is 0 Å². The summed E-state index contributed by atoms with van der Waals surface area (Å²) >= 11 is 0. The SMILES string of the molecule is B1=[C]C=CCC1. The van der Waals surface area contributed by atoms with E-state index in [4.69, 9.17) is 0 Å². The fraction of sp³-hybridized carbons (Fsp3) is 0.400. The molecule has 6 heavy (non-hydrogen) atoms. The molecule has 0 aromatic carbocycles. The maximum atomic E-state index is 2.98. The summed E-state index contributed by atoms with van der Waals surface area (Å²) in [5, 5.41) is 0. The van der Waals surface area contributed by atoms with Crippen LogP contribution in [-0.2, 0) is 0 Å². The quantitative estimate of drug-likeness (QED) is 0.374. The van der Waals surface area contributed by atoms with E-state index in [0.717, 1.165) is 0 Å². The molecule has 0 aliphatic carbocycles. The zero-order chi connectivity index (χ0) is 4.24. The zero-order valence-electron chi connectivity index (χ0n) is 3.65. The molecule has 1 heterocycles. The van der Waals surface area contributed by atoms with E-state index in [0.29, 0.717) is 0 Å². The predicted molar refractivity (Wildman–Crippen MR) is 29.3 cm³/mol. The van der Waals surface area contributed by atoms with E-state index in [1.54, 1.807) is 0 Å². The molecule has 0 unspecified atom stereocenters. The van der Waals surface area contributed by atoms with Crippen LogP contribution < -0.4 is 0 Å². The Kier molecular flexibility index (Phi) is 1.26. The average Bonchev–Trinajstić information content (AvgIpc) is 1.72. The molecular formula is C5H6B. The molecule has 0 atom stereocenters. The first-order chi connectivity index (χ1) is 3.00. The molecule has 29 valence electrons. The third-order valence-electron chi connectivity index (χ3n) is 0.810. The molecule has 1 heteroatoms. The van der Waals surface area contributed by atoms with Crippen molar-refractivity contribution in [3.8, 4) is 0 Å². The van der Waals surface area contributed by atoms with E-state index in [9.17, 15) is 0 Å². The second-order valence-electron chi connectivity index (χ2n) is 1.35. The van der Waals surface area contributed by atoms with Crippen molar-refractivity contribution in [2.75, 3.05) is 0 Å². The third kappa shape index (κ3) is 0.816. The van der Waals surface area contributed by atoms with E-state index in [-0.39, 0.29) is 0 Å². The Morgan fingerprint density at radius 3 is 2.83 bits per heavy atom. The number of rotatable bonds is 0. The second kappa shape index (κ2) is 1.96. The molecule has 0 spiro atoms. The van der Waals surface area contributed by atoms with E-state index in [1.807, 2.05) is 6.08 Å². The molecule has 1 radical (unpaired) electrons. The molecule has 0 bridgehead atoms. The molecule has 1 aliphatic rings. The Balaban J connectivity index is 2.46.